The number of nitrogens with one attached hydrogen (secondary N) is 1. The number of aromatic nitrogens is 5. The normalized spacial score (nSPS) is 12.5. The summed E-state index contributed by atoms with van der Waals surface area (Å²) >= 11 is 12.6. The molecule has 0 saturated carbocycles. The first-order valence-corrected chi connectivity index (χ1v) is 8.69. The third kappa shape index (κ3) is 3.68. The molecule has 1 atom stereocenters. The van der Waals surface area contributed by atoms with Gasteiger partial charge in [0.15, 0.2) is 5.82 Å². The van der Waals surface area contributed by atoms with Crippen LogP contribution in [0.15, 0.2) is 22.7 Å². The van der Waals surface area contributed by atoms with Crippen LogP contribution in [0.2, 0.25) is 10.0 Å². The summed E-state index contributed by atoms with van der Waals surface area (Å²) in [4.78, 5) is 8.87. The van der Waals surface area contributed by atoms with E-state index in [2.05, 4.69) is 25.5 Å². The molecule has 0 aliphatic rings. The summed E-state index contributed by atoms with van der Waals surface area (Å²) in [6, 6.07) is 5.54. The van der Waals surface area contributed by atoms with Gasteiger partial charge in [-0.05, 0) is 26.1 Å². The summed E-state index contributed by atoms with van der Waals surface area (Å²) in [5.41, 5.74) is 0.588. The van der Waals surface area contributed by atoms with Crippen LogP contribution in [-0.4, -0.2) is 38.0 Å². The van der Waals surface area contributed by atoms with E-state index in [0.29, 0.717) is 46.0 Å². The molecule has 1 aromatic carbocycles. The van der Waals surface area contributed by atoms with Gasteiger partial charge in [0.25, 0.3) is 5.89 Å². The topological polar surface area (TPSA) is 81.7 Å². The molecular formula is C16H18Cl2N6O. The fourth-order valence-electron chi connectivity index (χ4n) is 2.34. The SMILES string of the molecule is CCc1nc(-c2nc(CC(C)NC)no2)nn1-c1c(Cl)cccc1Cl. The standard InChI is InChI=1S/C16H18Cl2N6O/c1-4-13-21-15(16-20-12(23-25-16)8-9(2)19-3)22-24(13)14-10(17)6-5-7-11(14)18/h5-7,9,19H,4,8H2,1-3H3. The van der Waals surface area contributed by atoms with Crippen LogP contribution < -0.4 is 5.32 Å². The Kier molecular flexibility index (Phi) is 5.36. The van der Waals surface area contributed by atoms with E-state index in [9.17, 15) is 0 Å². The van der Waals surface area contributed by atoms with Gasteiger partial charge in [0.2, 0.25) is 5.82 Å². The van der Waals surface area contributed by atoms with Crippen molar-refractivity contribution in [3.63, 3.8) is 0 Å². The van der Waals surface area contributed by atoms with Gasteiger partial charge in [-0.15, -0.1) is 5.10 Å². The minimum absolute atomic E-state index is 0.240. The molecule has 0 spiro atoms. The molecule has 1 unspecified atom stereocenters. The molecule has 2 aromatic heterocycles. The molecule has 3 rings (SSSR count). The number of hydrogen-bond acceptors (Lipinski definition) is 6. The Labute approximate surface area is 155 Å². The predicted molar refractivity (Wildman–Crippen MR) is 96.3 cm³/mol. The molecule has 0 bridgehead atoms. The van der Waals surface area contributed by atoms with Crippen molar-refractivity contribution in [1.82, 2.24) is 30.2 Å². The Bertz CT molecular complexity index is 855. The molecule has 0 saturated heterocycles. The number of halogens is 2. The largest absolute Gasteiger partial charge is 0.330 e. The molecule has 2 heterocycles. The van der Waals surface area contributed by atoms with Gasteiger partial charge in [-0.1, -0.05) is 41.3 Å². The van der Waals surface area contributed by atoms with E-state index in [-0.39, 0.29) is 11.9 Å². The molecule has 0 aliphatic carbocycles. The molecule has 7 nitrogen and oxygen atoms in total. The van der Waals surface area contributed by atoms with E-state index in [1.54, 1.807) is 22.9 Å². The highest BCUT2D eigenvalue weighted by Crippen LogP contribution is 2.29. The average Bonchev–Trinajstić information content (AvgIpc) is 3.21. The first-order valence-electron chi connectivity index (χ1n) is 7.94. The van der Waals surface area contributed by atoms with Gasteiger partial charge in [-0.25, -0.2) is 9.67 Å². The highest BCUT2D eigenvalue weighted by Gasteiger charge is 2.20. The number of para-hydroxylation sites is 1. The van der Waals surface area contributed by atoms with Crippen LogP contribution in [0.5, 0.6) is 0 Å². The average molecular weight is 381 g/mol. The highest BCUT2D eigenvalue weighted by atomic mass is 35.5. The molecule has 0 radical (unpaired) electrons. The zero-order valence-electron chi connectivity index (χ0n) is 14.1. The lowest BCUT2D eigenvalue weighted by Crippen LogP contribution is -2.24. The van der Waals surface area contributed by atoms with Crippen molar-refractivity contribution >= 4 is 23.2 Å². The van der Waals surface area contributed by atoms with Crippen molar-refractivity contribution in [1.29, 1.82) is 0 Å². The zero-order chi connectivity index (χ0) is 18.0. The second kappa shape index (κ2) is 7.51. The molecule has 25 heavy (non-hydrogen) atoms. The number of nitrogens with zero attached hydrogens (tertiary/aromatic N) is 5. The maximum atomic E-state index is 6.29. The van der Waals surface area contributed by atoms with Crippen LogP contribution in [-0.2, 0) is 12.8 Å². The number of benzene rings is 1. The van der Waals surface area contributed by atoms with Gasteiger partial charge in [0, 0.05) is 18.9 Å². The Morgan fingerprint density at radius 2 is 1.96 bits per heavy atom. The Morgan fingerprint density at radius 1 is 1.24 bits per heavy atom. The van der Waals surface area contributed by atoms with Crippen LogP contribution in [0.4, 0.5) is 0 Å². The van der Waals surface area contributed by atoms with Crippen LogP contribution in [0.25, 0.3) is 17.4 Å². The monoisotopic (exact) mass is 380 g/mol. The molecule has 0 amide bonds. The lowest BCUT2D eigenvalue weighted by molar-refractivity contribution is 0.416. The minimum Gasteiger partial charge on any atom is -0.330 e. The Morgan fingerprint density at radius 3 is 2.60 bits per heavy atom. The van der Waals surface area contributed by atoms with E-state index in [1.807, 2.05) is 20.9 Å². The fourth-order valence-corrected chi connectivity index (χ4v) is 2.90. The molecule has 9 heteroatoms. The van der Waals surface area contributed by atoms with E-state index >= 15 is 0 Å². The second-order valence-electron chi connectivity index (χ2n) is 5.60. The van der Waals surface area contributed by atoms with Gasteiger partial charge in [-0.2, -0.15) is 4.98 Å². The molecule has 0 aliphatic heterocycles. The first-order chi connectivity index (χ1) is 12.0. The molecule has 1 N–H and O–H groups in total. The summed E-state index contributed by atoms with van der Waals surface area (Å²) < 4.78 is 6.94. The van der Waals surface area contributed by atoms with E-state index < -0.39 is 0 Å². The van der Waals surface area contributed by atoms with Gasteiger partial charge < -0.3 is 9.84 Å². The minimum atomic E-state index is 0.240. The Balaban J connectivity index is 1.99. The second-order valence-corrected chi connectivity index (χ2v) is 6.41. The summed E-state index contributed by atoms with van der Waals surface area (Å²) in [5.74, 6) is 1.92. The lowest BCUT2D eigenvalue weighted by Gasteiger charge is -2.08. The van der Waals surface area contributed by atoms with Gasteiger partial charge >= 0.3 is 0 Å². The van der Waals surface area contributed by atoms with Crippen molar-refractivity contribution in [2.24, 2.45) is 0 Å². The number of hydrogen-bond donors (Lipinski definition) is 1. The molecule has 132 valence electrons. The molecule has 0 fully saturated rings. The van der Waals surface area contributed by atoms with E-state index in [4.69, 9.17) is 27.7 Å². The third-order valence-corrected chi connectivity index (χ3v) is 4.39. The summed E-state index contributed by atoms with van der Waals surface area (Å²) in [6.07, 6.45) is 1.30. The maximum Gasteiger partial charge on any atom is 0.297 e. The summed E-state index contributed by atoms with van der Waals surface area (Å²) in [7, 11) is 1.88. The third-order valence-electron chi connectivity index (χ3n) is 3.78. The van der Waals surface area contributed by atoms with Crippen molar-refractivity contribution in [3.05, 3.63) is 39.9 Å². The number of aryl methyl sites for hydroxylation is 1. The fraction of sp³-hybridized carbons (Fsp3) is 0.375. The van der Waals surface area contributed by atoms with E-state index in [1.165, 1.54) is 0 Å². The van der Waals surface area contributed by atoms with Crippen LogP contribution >= 0.6 is 23.2 Å². The lowest BCUT2D eigenvalue weighted by atomic mass is 10.2. The number of rotatable bonds is 6. The molecule has 3 aromatic rings. The zero-order valence-corrected chi connectivity index (χ0v) is 15.6. The van der Waals surface area contributed by atoms with Crippen molar-refractivity contribution < 1.29 is 4.52 Å². The van der Waals surface area contributed by atoms with Crippen molar-refractivity contribution in [3.8, 4) is 17.4 Å². The number of likely N-dealkylation sites (N-methyl/N-ethyl adjacent to an activating group) is 1. The van der Waals surface area contributed by atoms with E-state index in [0.717, 1.165) is 0 Å². The summed E-state index contributed by atoms with van der Waals surface area (Å²) in [5, 5.41) is 12.6. The van der Waals surface area contributed by atoms with Crippen LogP contribution in [0.3, 0.4) is 0 Å². The maximum absolute atomic E-state index is 6.29. The smallest absolute Gasteiger partial charge is 0.297 e. The first kappa shape index (κ1) is 17.8. The van der Waals surface area contributed by atoms with Gasteiger partial charge in [0.1, 0.15) is 11.5 Å². The van der Waals surface area contributed by atoms with Crippen molar-refractivity contribution in [2.75, 3.05) is 7.05 Å². The molecular weight excluding hydrogens is 363 g/mol. The van der Waals surface area contributed by atoms with Crippen LogP contribution in [0.1, 0.15) is 25.5 Å². The van der Waals surface area contributed by atoms with Gasteiger partial charge in [-0.3, -0.25) is 0 Å². The van der Waals surface area contributed by atoms with Crippen LogP contribution in [0, 0.1) is 0 Å². The quantitative estimate of drug-likeness (QED) is 0.705. The van der Waals surface area contributed by atoms with Gasteiger partial charge in [0.05, 0.1) is 10.0 Å². The highest BCUT2D eigenvalue weighted by molar-refractivity contribution is 6.37. The van der Waals surface area contributed by atoms with Crippen molar-refractivity contribution in [2.45, 2.75) is 32.7 Å². The summed E-state index contributed by atoms with van der Waals surface area (Å²) in [6.45, 7) is 4.01. The predicted octanol–water partition coefficient (Wildman–Crippen LogP) is 3.34. The Hall–Kier alpha value is -1.96.